The average Bonchev–Trinajstić information content (AvgIpc) is 2.09. The second kappa shape index (κ2) is 5.65. The number of ketones is 1. The van der Waals surface area contributed by atoms with Gasteiger partial charge in [-0.1, -0.05) is 22.0 Å². The van der Waals surface area contributed by atoms with Crippen molar-refractivity contribution in [1.82, 2.24) is 0 Å². The van der Waals surface area contributed by atoms with Gasteiger partial charge in [-0.15, -0.1) is 0 Å². The summed E-state index contributed by atoms with van der Waals surface area (Å²) in [6.45, 7) is 0. The quantitative estimate of drug-likeness (QED) is 0.495. The minimum Gasteiger partial charge on any atom is -0.298 e. The molecule has 4 heteroatoms. The van der Waals surface area contributed by atoms with Crippen molar-refractivity contribution >= 4 is 66.9 Å². The maximum Gasteiger partial charge on any atom is 0.147 e. The number of Topliss-reactive ketones (excluding diaryl/α,β-unsaturated/α-hetero) is 1. The third-order valence-corrected chi connectivity index (χ3v) is 3.85. The number of alkyl halides is 1. The van der Waals surface area contributed by atoms with E-state index in [9.17, 15) is 4.79 Å². The second-order valence-electron chi connectivity index (χ2n) is 2.58. The van der Waals surface area contributed by atoms with Crippen LogP contribution in [0.2, 0.25) is 0 Å². The molecule has 0 bridgehead atoms. The molecule has 0 heterocycles. The summed E-state index contributed by atoms with van der Waals surface area (Å²) in [5, 5.41) is 0.440. The molecule has 70 valence electrons. The van der Waals surface area contributed by atoms with Gasteiger partial charge in [0.15, 0.2) is 0 Å². The topological polar surface area (TPSA) is 17.1 Å². The summed E-state index contributed by atoms with van der Waals surface area (Å²) >= 11 is 7.69. The van der Waals surface area contributed by atoms with Crippen LogP contribution in [-0.2, 0) is 11.2 Å². The molecule has 1 aromatic rings. The van der Waals surface area contributed by atoms with Crippen molar-refractivity contribution in [3.63, 3.8) is 0 Å². The Balaban J connectivity index is 2.83. The summed E-state index contributed by atoms with van der Waals surface area (Å²) in [5.41, 5.74) is 1.12. The summed E-state index contributed by atoms with van der Waals surface area (Å²) in [6, 6.07) is 6.13. The van der Waals surface area contributed by atoms with E-state index in [0.717, 1.165) is 5.56 Å². The van der Waals surface area contributed by atoms with Gasteiger partial charge in [0.25, 0.3) is 0 Å². The Labute approximate surface area is 113 Å². The molecule has 0 saturated heterocycles. The molecule has 0 aliphatic carbocycles. The highest BCUT2D eigenvalue weighted by atomic mass is 127. The molecule has 0 saturated carbocycles. The highest BCUT2D eigenvalue weighted by Gasteiger charge is 2.05. The molecule has 0 unspecified atom stereocenters. The van der Waals surface area contributed by atoms with Crippen LogP contribution in [0.1, 0.15) is 5.56 Å². The largest absolute Gasteiger partial charge is 0.298 e. The maximum atomic E-state index is 11.2. The molecule has 1 aromatic carbocycles. The zero-order valence-corrected chi connectivity index (χ0v) is 12.6. The lowest BCUT2D eigenvalue weighted by molar-refractivity contribution is -0.115. The van der Waals surface area contributed by atoms with Gasteiger partial charge in [-0.2, -0.15) is 0 Å². The van der Waals surface area contributed by atoms with Crippen molar-refractivity contribution in [3.05, 3.63) is 30.9 Å². The Hall–Kier alpha value is 0.830. The fraction of sp³-hybridized carbons (Fsp3) is 0.222. The number of hydrogen-bond donors (Lipinski definition) is 0. The predicted molar refractivity (Wildman–Crippen MR) is 74.4 cm³/mol. The average molecular weight is 465 g/mol. The molecular weight excluding hydrogens is 458 g/mol. The number of halogens is 3. The monoisotopic (exact) mass is 464 g/mol. The number of carbonyl (C=O) groups excluding carboxylic acids is 1. The molecule has 0 aromatic heterocycles. The summed E-state index contributed by atoms with van der Waals surface area (Å²) < 4.78 is 2.37. The molecule has 0 spiro atoms. The molecule has 0 aliphatic rings. The molecule has 1 nitrogen and oxygen atoms in total. The lowest BCUT2D eigenvalue weighted by Gasteiger charge is -2.02. The first-order valence-corrected chi connectivity index (χ1v) is 6.93. The van der Waals surface area contributed by atoms with Crippen LogP contribution in [0.3, 0.4) is 0 Å². The Kier molecular flexibility index (Phi) is 5.17. The fourth-order valence-corrected chi connectivity index (χ4v) is 2.92. The molecule has 1 rings (SSSR count). The molecule has 0 aliphatic heterocycles. The first-order valence-electron chi connectivity index (χ1n) is 3.65. The SMILES string of the molecule is O=C(CBr)Cc1ccc(I)cc1I. The number of carbonyl (C=O) groups is 1. The van der Waals surface area contributed by atoms with Gasteiger partial charge in [-0.25, -0.2) is 0 Å². The standard InChI is InChI=1S/C9H7BrI2O/c10-5-8(13)3-6-1-2-7(11)4-9(6)12/h1-2,4H,3,5H2. The Morgan fingerprint density at radius 2 is 2.08 bits per heavy atom. The van der Waals surface area contributed by atoms with Crippen molar-refractivity contribution in [2.75, 3.05) is 5.33 Å². The highest BCUT2D eigenvalue weighted by Crippen LogP contribution is 2.16. The molecule has 0 amide bonds. The summed E-state index contributed by atoms with van der Waals surface area (Å²) in [6.07, 6.45) is 0.528. The zero-order valence-electron chi connectivity index (χ0n) is 6.69. The molecule has 0 N–H and O–H groups in total. The van der Waals surface area contributed by atoms with Crippen LogP contribution < -0.4 is 0 Å². The Morgan fingerprint density at radius 1 is 1.38 bits per heavy atom. The minimum absolute atomic E-state index is 0.221. The van der Waals surface area contributed by atoms with E-state index in [4.69, 9.17) is 0 Å². The third kappa shape index (κ3) is 3.83. The molecule has 0 atom stereocenters. The van der Waals surface area contributed by atoms with E-state index in [1.807, 2.05) is 12.1 Å². The van der Waals surface area contributed by atoms with Crippen molar-refractivity contribution in [2.24, 2.45) is 0 Å². The van der Waals surface area contributed by atoms with E-state index >= 15 is 0 Å². The maximum absolute atomic E-state index is 11.2. The van der Waals surface area contributed by atoms with Gasteiger partial charge >= 0.3 is 0 Å². The lowest BCUT2D eigenvalue weighted by atomic mass is 10.1. The van der Waals surface area contributed by atoms with E-state index in [2.05, 4.69) is 67.2 Å². The van der Waals surface area contributed by atoms with Crippen LogP contribution in [0.15, 0.2) is 18.2 Å². The van der Waals surface area contributed by atoms with E-state index < -0.39 is 0 Å². The Bertz CT molecular complexity index is 325. The first-order chi connectivity index (χ1) is 6.13. The van der Waals surface area contributed by atoms with Crippen molar-refractivity contribution in [1.29, 1.82) is 0 Å². The minimum atomic E-state index is 0.221. The molecule has 0 fully saturated rings. The van der Waals surface area contributed by atoms with Gasteiger partial charge < -0.3 is 0 Å². The first kappa shape index (κ1) is 11.9. The summed E-state index contributed by atoms with van der Waals surface area (Å²) in [4.78, 5) is 11.2. The van der Waals surface area contributed by atoms with E-state index in [1.54, 1.807) is 0 Å². The van der Waals surface area contributed by atoms with Gasteiger partial charge in [-0.05, 0) is 62.9 Å². The summed E-state index contributed by atoms with van der Waals surface area (Å²) in [5.74, 6) is 0.221. The van der Waals surface area contributed by atoms with Gasteiger partial charge in [-0.3, -0.25) is 4.79 Å². The van der Waals surface area contributed by atoms with Crippen LogP contribution in [-0.4, -0.2) is 11.1 Å². The number of hydrogen-bond acceptors (Lipinski definition) is 1. The van der Waals surface area contributed by atoms with Crippen LogP contribution in [0.5, 0.6) is 0 Å². The van der Waals surface area contributed by atoms with E-state index in [-0.39, 0.29) is 5.78 Å². The number of rotatable bonds is 3. The van der Waals surface area contributed by atoms with Gasteiger partial charge in [0, 0.05) is 13.6 Å². The van der Waals surface area contributed by atoms with Crippen molar-refractivity contribution in [2.45, 2.75) is 6.42 Å². The molecular formula is C9H7BrI2O. The van der Waals surface area contributed by atoms with Crippen LogP contribution in [0.4, 0.5) is 0 Å². The van der Waals surface area contributed by atoms with Crippen LogP contribution in [0.25, 0.3) is 0 Å². The molecule has 0 radical (unpaired) electrons. The van der Waals surface area contributed by atoms with Gasteiger partial charge in [0.2, 0.25) is 0 Å². The smallest absolute Gasteiger partial charge is 0.147 e. The predicted octanol–water partition coefficient (Wildman–Crippen LogP) is 3.40. The zero-order chi connectivity index (χ0) is 9.84. The van der Waals surface area contributed by atoms with Crippen LogP contribution in [0, 0.1) is 7.14 Å². The van der Waals surface area contributed by atoms with Gasteiger partial charge in [0.05, 0.1) is 5.33 Å². The third-order valence-electron chi connectivity index (χ3n) is 1.55. The van der Waals surface area contributed by atoms with E-state index in [0.29, 0.717) is 11.8 Å². The number of benzene rings is 1. The Morgan fingerprint density at radius 3 is 2.62 bits per heavy atom. The van der Waals surface area contributed by atoms with Crippen molar-refractivity contribution in [3.8, 4) is 0 Å². The molecule has 13 heavy (non-hydrogen) atoms. The van der Waals surface area contributed by atoms with Crippen molar-refractivity contribution < 1.29 is 4.79 Å². The summed E-state index contributed by atoms with van der Waals surface area (Å²) in [7, 11) is 0. The van der Waals surface area contributed by atoms with E-state index in [1.165, 1.54) is 7.14 Å². The normalized spacial score (nSPS) is 10.1. The lowest BCUT2D eigenvalue weighted by Crippen LogP contribution is -2.04. The van der Waals surface area contributed by atoms with Gasteiger partial charge in [0.1, 0.15) is 5.78 Å². The fourth-order valence-electron chi connectivity index (χ4n) is 0.925. The highest BCUT2D eigenvalue weighted by molar-refractivity contribution is 14.1. The second-order valence-corrected chi connectivity index (χ2v) is 5.55. The van der Waals surface area contributed by atoms with Crippen LogP contribution >= 0.6 is 61.1 Å².